The van der Waals surface area contributed by atoms with Crippen LogP contribution in [0, 0.1) is 0 Å². The van der Waals surface area contributed by atoms with Crippen LogP contribution in [0.5, 0.6) is 0 Å². The van der Waals surface area contributed by atoms with Crippen LogP contribution in [0.4, 0.5) is 0 Å². The Morgan fingerprint density at radius 1 is 0.313 bits per heavy atom. The highest BCUT2D eigenvalue weighted by molar-refractivity contribution is 5.71. The number of carbonyl (C=O) groups excluding carboxylic acids is 3. The van der Waals surface area contributed by atoms with Crippen LogP contribution in [0.15, 0.2) is 85.1 Å². The lowest BCUT2D eigenvalue weighted by Gasteiger charge is -2.18. The molecule has 0 heterocycles. The Morgan fingerprint density at radius 3 is 0.955 bits per heavy atom. The molecule has 0 spiro atoms. The number of ether oxygens (including phenoxy) is 3. The second kappa shape index (κ2) is 55.2. The number of unbranched alkanes of at least 4 members (excludes halogenated alkanes) is 25. The maximum atomic E-state index is 12.8. The molecule has 0 N–H and O–H groups in total. The minimum absolute atomic E-state index is 0.0913. The highest BCUT2D eigenvalue weighted by Gasteiger charge is 2.19. The molecule has 0 fully saturated rings. The Labute approximate surface area is 414 Å². The van der Waals surface area contributed by atoms with Crippen LogP contribution in [0.25, 0.3) is 0 Å². The van der Waals surface area contributed by atoms with Crippen molar-refractivity contribution >= 4 is 17.9 Å². The summed E-state index contributed by atoms with van der Waals surface area (Å²) < 4.78 is 16.8. The maximum Gasteiger partial charge on any atom is 0.306 e. The topological polar surface area (TPSA) is 78.9 Å². The van der Waals surface area contributed by atoms with E-state index in [-0.39, 0.29) is 31.1 Å². The molecule has 0 aromatic carbocycles. The van der Waals surface area contributed by atoms with Gasteiger partial charge in [-0.1, -0.05) is 234 Å². The Balaban J connectivity index is 4.46. The molecule has 0 saturated carbocycles. The van der Waals surface area contributed by atoms with Crippen LogP contribution in [0.3, 0.4) is 0 Å². The zero-order valence-electron chi connectivity index (χ0n) is 43.9. The van der Waals surface area contributed by atoms with Crippen molar-refractivity contribution < 1.29 is 28.6 Å². The second-order valence-electron chi connectivity index (χ2n) is 18.5. The minimum Gasteiger partial charge on any atom is -0.462 e. The summed E-state index contributed by atoms with van der Waals surface area (Å²) >= 11 is 0. The molecule has 1 atom stereocenters. The number of esters is 3. The first-order chi connectivity index (χ1) is 33.0. The van der Waals surface area contributed by atoms with Gasteiger partial charge in [0.2, 0.25) is 0 Å². The van der Waals surface area contributed by atoms with Crippen molar-refractivity contribution in [2.75, 3.05) is 13.2 Å². The van der Waals surface area contributed by atoms with Crippen LogP contribution >= 0.6 is 0 Å². The van der Waals surface area contributed by atoms with E-state index in [1.165, 1.54) is 103 Å². The first kappa shape index (κ1) is 63.6. The average molecular weight is 933 g/mol. The number of hydrogen-bond donors (Lipinski definition) is 0. The van der Waals surface area contributed by atoms with Crippen LogP contribution in [0.2, 0.25) is 0 Å². The van der Waals surface area contributed by atoms with Gasteiger partial charge in [0.1, 0.15) is 13.2 Å². The molecule has 0 amide bonds. The summed E-state index contributed by atoms with van der Waals surface area (Å²) in [6.45, 7) is 6.47. The van der Waals surface area contributed by atoms with Crippen molar-refractivity contribution in [2.45, 2.75) is 271 Å². The fourth-order valence-electron chi connectivity index (χ4n) is 7.68. The van der Waals surface area contributed by atoms with Gasteiger partial charge in [-0.25, -0.2) is 0 Å². The van der Waals surface area contributed by atoms with E-state index in [4.69, 9.17) is 14.2 Å². The number of rotatable bonds is 50. The molecule has 0 aromatic heterocycles. The van der Waals surface area contributed by atoms with Crippen molar-refractivity contribution in [1.29, 1.82) is 0 Å². The molecule has 0 rings (SSSR count). The third-order valence-electron chi connectivity index (χ3n) is 11.9. The first-order valence-electron chi connectivity index (χ1n) is 28.1. The summed E-state index contributed by atoms with van der Waals surface area (Å²) in [7, 11) is 0. The highest BCUT2D eigenvalue weighted by Crippen LogP contribution is 2.15. The normalized spacial score (nSPS) is 12.7. The SMILES string of the molecule is CC/C=C/C/C=C/C/C=C/C/C=C/C/C=C/CCCCCC(=O)OC[C@@H](COC(=O)CCCCCCCCCCCCCCCCC)OC(=O)CCCCCCC/C=C/C/C=C/CCCCC. The molecule has 6 nitrogen and oxygen atoms in total. The fourth-order valence-corrected chi connectivity index (χ4v) is 7.68. The molecule has 0 aromatic rings. The van der Waals surface area contributed by atoms with Gasteiger partial charge in [-0.15, -0.1) is 0 Å². The van der Waals surface area contributed by atoms with Gasteiger partial charge < -0.3 is 14.2 Å². The van der Waals surface area contributed by atoms with E-state index < -0.39 is 6.10 Å². The minimum atomic E-state index is -0.797. The lowest BCUT2D eigenvalue weighted by molar-refractivity contribution is -0.167. The van der Waals surface area contributed by atoms with E-state index in [1.807, 2.05) is 0 Å². The summed E-state index contributed by atoms with van der Waals surface area (Å²) in [6.07, 6.45) is 71.4. The van der Waals surface area contributed by atoms with Gasteiger partial charge in [0, 0.05) is 19.3 Å². The van der Waals surface area contributed by atoms with Gasteiger partial charge in [-0.2, -0.15) is 0 Å². The highest BCUT2D eigenvalue weighted by atomic mass is 16.6. The van der Waals surface area contributed by atoms with Gasteiger partial charge in [0.15, 0.2) is 6.10 Å². The Bertz CT molecular complexity index is 1300. The van der Waals surface area contributed by atoms with Gasteiger partial charge in [0.05, 0.1) is 0 Å². The number of hydrogen-bond acceptors (Lipinski definition) is 6. The average Bonchev–Trinajstić information content (AvgIpc) is 3.33. The zero-order chi connectivity index (χ0) is 48.6. The summed E-state index contributed by atoms with van der Waals surface area (Å²) in [5, 5.41) is 0. The van der Waals surface area contributed by atoms with Gasteiger partial charge in [-0.3, -0.25) is 14.4 Å². The van der Waals surface area contributed by atoms with Crippen molar-refractivity contribution in [3.63, 3.8) is 0 Å². The van der Waals surface area contributed by atoms with E-state index in [2.05, 4.69) is 106 Å². The largest absolute Gasteiger partial charge is 0.462 e. The van der Waals surface area contributed by atoms with Gasteiger partial charge in [-0.05, 0) is 96.3 Å². The standard InChI is InChI=1S/C61H104O6/c1-4-7-10-13-16-19-22-25-28-29-30-31-34-36-39-42-45-48-51-54-60(63)66-57-58(67-61(64)55-52-49-46-43-40-37-33-27-24-21-18-15-12-9-6-3)56-65-59(62)53-50-47-44-41-38-35-32-26-23-20-17-14-11-8-5-2/h7,10,16,18-19,21,25,27-28,30-31,33,36,39,58H,4-6,8-9,11-15,17,20,22-24,26,29,32,34-35,37-38,40-57H2,1-3H3/b10-7+,19-16+,21-18+,28-25+,31-30+,33-27+,39-36+/t58-/m1/s1. The van der Waals surface area contributed by atoms with Crippen molar-refractivity contribution in [2.24, 2.45) is 0 Å². The Hall–Kier alpha value is -3.41. The summed E-state index contributed by atoms with van der Waals surface area (Å²) in [5.41, 5.74) is 0. The fraction of sp³-hybridized carbons (Fsp3) is 0.721. The summed E-state index contributed by atoms with van der Waals surface area (Å²) in [4.78, 5) is 38.1. The summed E-state index contributed by atoms with van der Waals surface area (Å²) in [6, 6.07) is 0. The van der Waals surface area contributed by atoms with Crippen molar-refractivity contribution in [3.8, 4) is 0 Å². The zero-order valence-corrected chi connectivity index (χ0v) is 43.9. The van der Waals surface area contributed by atoms with E-state index in [0.717, 1.165) is 122 Å². The lowest BCUT2D eigenvalue weighted by Crippen LogP contribution is -2.30. The van der Waals surface area contributed by atoms with E-state index in [0.29, 0.717) is 19.3 Å². The van der Waals surface area contributed by atoms with Gasteiger partial charge in [0.25, 0.3) is 0 Å². The Kier molecular flexibility index (Phi) is 52.4. The van der Waals surface area contributed by atoms with Crippen LogP contribution in [0.1, 0.15) is 265 Å². The predicted octanol–water partition coefficient (Wildman–Crippen LogP) is 18.8. The molecule has 384 valence electrons. The molecule has 0 bridgehead atoms. The first-order valence-corrected chi connectivity index (χ1v) is 28.1. The van der Waals surface area contributed by atoms with E-state index in [9.17, 15) is 14.4 Å². The molecule has 0 unspecified atom stereocenters. The maximum absolute atomic E-state index is 12.8. The molecular weight excluding hydrogens is 829 g/mol. The van der Waals surface area contributed by atoms with E-state index in [1.54, 1.807) is 0 Å². The second-order valence-corrected chi connectivity index (χ2v) is 18.5. The smallest absolute Gasteiger partial charge is 0.306 e. The lowest BCUT2D eigenvalue weighted by atomic mass is 10.0. The third kappa shape index (κ3) is 53.4. The molecule has 67 heavy (non-hydrogen) atoms. The molecular formula is C61H104O6. The molecule has 0 aliphatic rings. The van der Waals surface area contributed by atoms with Crippen molar-refractivity contribution in [1.82, 2.24) is 0 Å². The van der Waals surface area contributed by atoms with Crippen molar-refractivity contribution in [3.05, 3.63) is 85.1 Å². The van der Waals surface area contributed by atoms with Crippen LogP contribution < -0.4 is 0 Å². The van der Waals surface area contributed by atoms with Crippen LogP contribution in [-0.2, 0) is 28.6 Å². The third-order valence-corrected chi connectivity index (χ3v) is 11.9. The number of allylic oxidation sites excluding steroid dienone is 14. The molecule has 0 aliphatic carbocycles. The Morgan fingerprint density at radius 2 is 0.582 bits per heavy atom. The molecule has 0 radical (unpaired) electrons. The van der Waals surface area contributed by atoms with E-state index >= 15 is 0 Å². The molecule has 0 saturated heterocycles. The monoisotopic (exact) mass is 933 g/mol. The predicted molar refractivity (Wildman–Crippen MR) is 288 cm³/mol. The molecule has 6 heteroatoms. The quantitative estimate of drug-likeness (QED) is 0.0262. The summed E-state index contributed by atoms with van der Waals surface area (Å²) in [5.74, 6) is -0.933. The molecule has 0 aliphatic heterocycles. The number of carbonyl (C=O) groups is 3. The van der Waals surface area contributed by atoms with Crippen LogP contribution in [-0.4, -0.2) is 37.2 Å². The van der Waals surface area contributed by atoms with Gasteiger partial charge >= 0.3 is 17.9 Å².